The van der Waals surface area contributed by atoms with Gasteiger partial charge in [-0.2, -0.15) is 30.0 Å². The lowest BCUT2D eigenvalue weighted by molar-refractivity contribution is -0.904. The van der Waals surface area contributed by atoms with Crippen molar-refractivity contribution in [3.05, 3.63) is 36.4 Å². The first-order valence-corrected chi connectivity index (χ1v) is 9.09. The number of aryl methyl sites for hydroxylation is 1. The number of pyridine rings is 1. The summed E-state index contributed by atoms with van der Waals surface area (Å²) < 4.78 is 38.9. The summed E-state index contributed by atoms with van der Waals surface area (Å²) >= 11 is 0.696. The molecule has 1 N–H and O–H groups in total. The molecule has 2 heterocycles. The highest BCUT2D eigenvalue weighted by molar-refractivity contribution is 7.99. The number of rotatable bonds is 7. The Kier molecular flexibility index (Phi) is 6.52. The maximum Gasteiger partial charge on any atom is 0.397 e. The highest BCUT2D eigenvalue weighted by Gasteiger charge is 2.27. The van der Waals surface area contributed by atoms with Gasteiger partial charge in [0.2, 0.25) is 18.3 Å². The quantitative estimate of drug-likeness (QED) is 0.449. The van der Waals surface area contributed by atoms with Gasteiger partial charge in [0.05, 0.1) is 23.3 Å². The molecule has 0 bridgehead atoms. The molecule has 26 heavy (non-hydrogen) atoms. The number of anilines is 1. The average Bonchev–Trinajstić information content (AvgIpc) is 2.93. The number of hydrogen-bond donors (Lipinski definition) is 1. The molecule has 0 aromatic carbocycles. The highest BCUT2D eigenvalue weighted by atomic mass is 32.2. The molecule has 142 valence electrons. The maximum atomic E-state index is 12.4. The van der Waals surface area contributed by atoms with Crippen molar-refractivity contribution in [1.82, 2.24) is 9.78 Å². The van der Waals surface area contributed by atoms with Crippen molar-refractivity contribution in [2.45, 2.75) is 26.4 Å². The van der Waals surface area contributed by atoms with Gasteiger partial charge in [-0.3, -0.25) is 10.0 Å². The van der Waals surface area contributed by atoms with E-state index in [2.05, 4.69) is 5.10 Å². The molecule has 0 aliphatic rings. The van der Waals surface area contributed by atoms with E-state index in [0.29, 0.717) is 35.4 Å². The molecular weight excluding hydrogens is 369 g/mol. The number of nitrogens with zero attached hydrogens (tertiary/aromatic N) is 4. The van der Waals surface area contributed by atoms with Crippen LogP contribution in [0.3, 0.4) is 0 Å². The van der Waals surface area contributed by atoms with Crippen molar-refractivity contribution in [3.8, 4) is 5.69 Å². The van der Waals surface area contributed by atoms with Gasteiger partial charge in [-0.1, -0.05) is 0 Å². The predicted octanol–water partition coefficient (Wildman–Crippen LogP) is 2.74. The standard InChI is InChI=1S/C16H20F3N4O2S/c1-3-22(15(24)6-8-26-11-16(17,18)19)14-10-23(20-12(14)2)13-5-4-7-21(25)9-13/h4-5,7,9-10,25H,3,6,8,11H2,1-2H3/q+1. The number of alkyl halides is 3. The first-order chi connectivity index (χ1) is 12.2. The van der Waals surface area contributed by atoms with Crippen LogP contribution in [-0.2, 0) is 4.79 Å². The Labute approximate surface area is 153 Å². The number of thioether (sulfide) groups is 1. The lowest BCUT2D eigenvalue weighted by Gasteiger charge is -2.20. The molecule has 2 aromatic heterocycles. The van der Waals surface area contributed by atoms with Gasteiger partial charge in [-0.25, -0.2) is 4.68 Å². The Balaban J connectivity index is 2.08. The van der Waals surface area contributed by atoms with Crippen molar-refractivity contribution >= 4 is 23.4 Å². The molecule has 0 unspecified atom stereocenters. The second kappa shape index (κ2) is 8.43. The van der Waals surface area contributed by atoms with Crippen LogP contribution in [-0.4, -0.2) is 45.1 Å². The van der Waals surface area contributed by atoms with Gasteiger partial charge in [-0.15, -0.1) is 0 Å². The van der Waals surface area contributed by atoms with Crippen molar-refractivity contribution in [2.24, 2.45) is 0 Å². The molecule has 6 nitrogen and oxygen atoms in total. The smallest absolute Gasteiger partial charge is 0.310 e. The molecule has 0 spiro atoms. The Morgan fingerprint density at radius 2 is 2.19 bits per heavy atom. The zero-order chi connectivity index (χ0) is 19.3. The molecule has 0 atom stereocenters. The molecule has 2 rings (SSSR count). The normalized spacial score (nSPS) is 11.6. The predicted molar refractivity (Wildman–Crippen MR) is 91.7 cm³/mol. The first-order valence-electron chi connectivity index (χ1n) is 7.93. The van der Waals surface area contributed by atoms with Crippen LogP contribution in [0.2, 0.25) is 0 Å². The van der Waals surface area contributed by atoms with Crippen molar-refractivity contribution in [1.29, 1.82) is 0 Å². The van der Waals surface area contributed by atoms with Crippen LogP contribution in [0, 0.1) is 6.92 Å². The Morgan fingerprint density at radius 1 is 1.46 bits per heavy atom. The summed E-state index contributed by atoms with van der Waals surface area (Å²) in [5.74, 6) is -1.11. The van der Waals surface area contributed by atoms with Gasteiger partial charge < -0.3 is 4.90 Å². The maximum absolute atomic E-state index is 12.4. The van der Waals surface area contributed by atoms with E-state index in [0.717, 1.165) is 4.73 Å². The van der Waals surface area contributed by atoms with E-state index in [-0.39, 0.29) is 18.1 Å². The molecule has 0 saturated carbocycles. The second-order valence-electron chi connectivity index (χ2n) is 5.54. The van der Waals surface area contributed by atoms with Gasteiger partial charge >= 0.3 is 6.18 Å². The number of hydrogen-bond acceptors (Lipinski definition) is 4. The van der Waals surface area contributed by atoms with Gasteiger partial charge in [0.1, 0.15) is 5.69 Å². The monoisotopic (exact) mass is 389 g/mol. The Hall–Kier alpha value is -2.23. The SMILES string of the molecule is CCN(C(=O)CCSCC(F)(F)F)c1cn(-c2ccc[n+](O)c2)nc1C. The highest BCUT2D eigenvalue weighted by Crippen LogP contribution is 2.24. The van der Waals surface area contributed by atoms with E-state index < -0.39 is 11.9 Å². The fraction of sp³-hybridized carbons (Fsp3) is 0.438. The zero-order valence-corrected chi connectivity index (χ0v) is 15.2. The molecule has 2 aromatic rings. The largest absolute Gasteiger partial charge is 0.397 e. The van der Waals surface area contributed by atoms with Crippen LogP contribution in [0.5, 0.6) is 0 Å². The summed E-state index contributed by atoms with van der Waals surface area (Å²) in [6, 6.07) is 3.39. The summed E-state index contributed by atoms with van der Waals surface area (Å²) in [7, 11) is 0. The van der Waals surface area contributed by atoms with Crippen molar-refractivity contribution in [3.63, 3.8) is 0 Å². The molecule has 0 fully saturated rings. The fourth-order valence-electron chi connectivity index (χ4n) is 2.40. The van der Waals surface area contributed by atoms with Crippen LogP contribution in [0.4, 0.5) is 18.9 Å². The van der Waals surface area contributed by atoms with E-state index >= 15 is 0 Å². The Bertz CT molecular complexity index is 764. The van der Waals surface area contributed by atoms with Crippen LogP contribution in [0.15, 0.2) is 30.7 Å². The number of aromatic nitrogens is 3. The third kappa shape index (κ3) is 5.38. The second-order valence-corrected chi connectivity index (χ2v) is 6.65. The summed E-state index contributed by atoms with van der Waals surface area (Å²) in [5.41, 5.74) is 1.80. The van der Waals surface area contributed by atoms with E-state index in [1.54, 1.807) is 32.2 Å². The number of halogens is 3. The minimum atomic E-state index is -4.23. The summed E-state index contributed by atoms with van der Waals surface area (Å²) in [4.78, 5) is 13.9. The van der Waals surface area contributed by atoms with Crippen LogP contribution < -0.4 is 9.63 Å². The van der Waals surface area contributed by atoms with Gasteiger partial charge in [0.15, 0.2) is 0 Å². The van der Waals surface area contributed by atoms with Crippen molar-refractivity contribution in [2.75, 3.05) is 23.0 Å². The average molecular weight is 389 g/mol. The molecule has 0 aliphatic heterocycles. The van der Waals surface area contributed by atoms with Gasteiger partial charge in [-0.05, 0) is 19.9 Å². The molecular formula is C16H20F3N4O2S+. The van der Waals surface area contributed by atoms with E-state index in [1.807, 2.05) is 0 Å². The fourth-order valence-corrected chi connectivity index (χ4v) is 3.09. The van der Waals surface area contributed by atoms with Crippen LogP contribution in [0.1, 0.15) is 19.0 Å². The lowest BCUT2D eigenvalue weighted by Crippen LogP contribution is -2.31. The molecule has 0 aliphatic carbocycles. The molecule has 10 heteroatoms. The molecule has 1 amide bonds. The zero-order valence-electron chi connectivity index (χ0n) is 14.4. The number of carbonyl (C=O) groups is 1. The minimum Gasteiger partial charge on any atom is -0.310 e. The minimum absolute atomic E-state index is 0.0151. The summed E-state index contributed by atoms with van der Waals surface area (Å²) in [5, 5.41) is 13.8. The molecule has 0 saturated heterocycles. The van der Waals surface area contributed by atoms with Gasteiger partial charge in [0, 0.05) is 29.5 Å². The summed E-state index contributed by atoms with van der Waals surface area (Å²) in [6.45, 7) is 3.92. The Morgan fingerprint density at radius 3 is 2.81 bits per heavy atom. The van der Waals surface area contributed by atoms with E-state index in [1.165, 1.54) is 22.0 Å². The number of amides is 1. The lowest BCUT2D eigenvalue weighted by atomic mass is 10.3. The molecule has 0 radical (unpaired) electrons. The first kappa shape index (κ1) is 20.1. The summed E-state index contributed by atoms with van der Waals surface area (Å²) in [6.07, 6.45) is 0.370. The van der Waals surface area contributed by atoms with Gasteiger partial charge in [0.25, 0.3) is 0 Å². The van der Waals surface area contributed by atoms with Crippen molar-refractivity contribution < 1.29 is 27.9 Å². The topological polar surface area (TPSA) is 62.2 Å². The third-order valence-electron chi connectivity index (χ3n) is 3.54. The van der Waals surface area contributed by atoms with Crippen LogP contribution >= 0.6 is 11.8 Å². The third-order valence-corrected chi connectivity index (χ3v) is 4.57. The number of carbonyl (C=O) groups excluding carboxylic acids is 1. The van der Waals surface area contributed by atoms with Crippen LogP contribution in [0.25, 0.3) is 5.69 Å². The van der Waals surface area contributed by atoms with E-state index in [4.69, 9.17) is 0 Å². The van der Waals surface area contributed by atoms with E-state index in [9.17, 15) is 23.2 Å².